The van der Waals surface area contributed by atoms with Gasteiger partial charge in [0.1, 0.15) is 10.6 Å². The molecule has 0 spiro atoms. The highest BCUT2D eigenvalue weighted by Crippen LogP contribution is 2.26. The number of aryl methyl sites for hydroxylation is 1. The van der Waals surface area contributed by atoms with Gasteiger partial charge in [0, 0.05) is 12.0 Å². The van der Waals surface area contributed by atoms with Gasteiger partial charge in [0.05, 0.1) is 5.69 Å². The lowest BCUT2D eigenvalue weighted by molar-refractivity contribution is -0.120. The minimum atomic E-state index is -1.06. The summed E-state index contributed by atoms with van der Waals surface area (Å²) in [5.74, 6) is -1.24. The van der Waals surface area contributed by atoms with E-state index in [0.717, 1.165) is 30.9 Å². The maximum atomic E-state index is 12.1. The molecule has 0 aromatic carbocycles. The third-order valence-corrected chi connectivity index (χ3v) is 4.16. The summed E-state index contributed by atoms with van der Waals surface area (Å²) in [6, 6.07) is 0.312. The minimum absolute atomic E-state index is 0.0692. The zero-order valence-corrected chi connectivity index (χ0v) is 11.7. The predicted octanol–water partition coefficient (Wildman–Crippen LogP) is 1.48. The van der Waals surface area contributed by atoms with Crippen LogP contribution in [-0.4, -0.2) is 33.9 Å². The van der Waals surface area contributed by atoms with E-state index in [4.69, 9.17) is 5.11 Å². The van der Waals surface area contributed by atoms with Gasteiger partial charge in [-0.2, -0.15) is 4.37 Å². The number of aromatic nitrogens is 1. The minimum Gasteiger partial charge on any atom is -0.478 e. The summed E-state index contributed by atoms with van der Waals surface area (Å²) >= 11 is 1.02. The maximum absolute atomic E-state index is 12.1. The molecule has 0 aliphatic carbocycles. The Labute approximate surface area is 115 Å². The zero-order valence-electron chi connectivity index (χ0n) is 10.9. The molecular formula is C12H17N3O3S. The van der Waals surface area contributed by atoms with Crippen molar-refractivity contribution in [3.05, 3.63) is 11.3 Å². The molecular weight excluding hydrogens is 266 g/mol. The molecule has 1 aromatic rings. The molecule has 7 heteroatoms. The SMILES string of the molecule is Cc1nsc(NC(=O)C2CCNC(C)C2)c1C(=O)O. The summed E-state index contributed by atoms with van der Waals surface area (Å²) in [6.45, 7) is 4.48. The molecule has 1 fully saturated rings. The predicted molar refractivity (Wildman–Crippen MR) is 72.6 cm³/mol. The second kappa shape index (κ2) is 5.66. The normalized spacial score (nSPS) is 23.1. The van der Waals surface area contributed by atoms with Gasteiger partial charge in [-0.1, -0.05) is 0 Å². The molecule has 1 aliphatic heterocycles. The highest BCUT2D eigenvalue weighted by atomic mass is 32.1. The summed E-state index contributed by atoms with van der Waals surface area (Å²) in [5.41, 5.74) is 0.534. The van der Waals surface area contributed by atoms with Crippen molar-refractivity contribution in [3.63, 3.8) is 0 Å². The fourth-order valence-electron chi connectivity index (χ4n) is 2.29. The molecule has 1 amide bonds. The zero-order chi connectivity index (χ0) is 14.0. The Morgan fingerprint density at radius 3 is 2.89 bits per heavy atom. The maximum Gasteiger partial charge on any atom is 0.340 e. The first kappa shape index (κ1) is 14.0. The van der Waals surface area contributed by atoms with E-state index in [1.165, 1.54) is 0 Å². The first-order valence-corrected chi connectivity index (χ1v) is 7.00. The topological polar surface area (TPSA) is 91.3 Å². The highest BCUT2D eigenvalue weighted by molar-refractivity contribution is 7.11. The van der Waals surface area contributed by atoms with Crippen LogP contribution in [-0.2, 0) is 4.79 Å². The molecule has 1 aromatic heterocycles. The monoisotopic (exact) mass is 283 g/mol. The van der Waals surface area contributed by atoms with Crippen LogP contribution in [0.5, 0.6) is 0 Å². The molecule has 2 heterocycles. The van der Waals surface area contributed by atoms with E-state index in [9.17, 15) is 9.59 Å². The molecule has 1 saturated heterocycles. The average molecular weight is 283 g/mol. The molecule has 1 aliphatic rings. The number of nitrogens with zero attached hydrogens (tertiary/aromatic N) is 1. The van der Waals surface area contributed by atoms with Crippen molar-refractivity contribution < 1.29 is 14.7 Å². The lowest BCUT2D eigenvalue weighted by Crippen LogP contribution is -2.40. The van der Waals surface area contributed by atoms with Gasteiger partial charge in [0.25, 0.3) is 0 Å². The van der Waals surface area contributed by atoms with Gasteiger partial charge in [-0.05, 0) is 44.8 Å². The number of carboxylic acids is 1. The number of hydrogen-bond donors (Lipinski definition) is 3. The van der Waals surface area contributed by atoms with Crippen LogP contribution in [0.15, 0.2) is 0 Å². The Morgan fingerprint density at radius 2 is 2.26 bits per heavy atom. The fraction of sp³-hybridized carbons (Fsp3) is 0.583. The molecule has 0 radical (unpaired) electrons. The third kappa shape index (κ3) is 3.10. The molecule has 19 heavy (non-hydrogen) atoms. The van der Waals surface area contributed by atoms with Gasteiger partial charge < -0.3 is 15.7 Å². The van der Waals surface area contributed by atoms with E-state index in [-0.39, 0.29) is 17.4 Å². The van der Waals surface area contributed by atoms with E-state index in [1.807, 2.05) is 6.92 Å². The number of carbonyl (C=O) groups excluding carboxylic acids is 1. The molecule has 2 rings (SSSR count). The van der Waals surface area contributed by atoms with Crippen LogP contribution >= 0.6 is 11.5 Å². The number of aromatic carboxylic acids is 1. The van der Waals surface area contributed by atoms with Gasteiger partial charge in [-0.3, -0.25) is 4.79 Å². The summed E-state index contributed by atoms with van der Waals surface area (Å²) in [5, 5.41) is 15.4. The largest absolute Gasteiger partial charge is 0.478 e. The number of rotatable bonds is 3. The van der Waals surface area contributed by atoms with E-state index in [1.54, 1.807) is 6.92 Å². The Morgan fingerprint density at radius 1 is 1.53 bits per heavy atom. The van der Waals surface area contributed by atoms with Gasteiger partial charge in [0.15, 0.2) is 0 Å². The van der Waals surface area contributed by atoms with Crippen molar-refractivity contribution in [2.45, 2.75) is 32.7 Å². The second-order valence-electron chi connectivity index (χ2n) is 4.84. The van der Waals surface area contributed by atoms with Gasteiger partial charge >= 0.3 is 5.97 Å². The first-order chi connectivity index (χ1) is 8.99. The number of carboxylic acid groups (broad SMARTS) is 1. The van der Waals surface area contributed by atoms with Gasteiger partial charge in [-0.15, -0.1) is 0 Å². The summed E-state index contributed by atoms with van der Waals surface area (Å²) < 4.78 is 3.98. The highest BCUT2D eigenvalue weighted by Gasteiger charge is 2.27. The molecule has 3 N–H and O–H groups in total. The lowest BCUT2D eigenvalue weighted by Gasteiger charge is -2.26. The van der Waals surface area contributed by atoms with Crippen LogP contribution in [0, 0.1) is 12.8 Å². The fourth-order valence-corrected chi connectivity index (χ4v) is 3.08. The number of anilines is 1. The molecule has 0 bridgehead atoms. The van der Waals surface area contributed by atoms with Gasteiger partial charge in [0.2, 0.25) is 5.91 Å². The van der Waals surface area contributed by atoms with E-state index in [2.05, 4.69) is 15.0 Å². The summed E-state index contributed by atoms with van der Waals surface area (Å²) in [6.07, 6.45) is 1.54. The van der Waals surface area contributed by atoms with Crippen molar-refractivity contribution in [1.82, 2.24) is 9.69 Å². The Hall–Kier alpha value is -1.47. The van der Waals surface area contributed by atoms with Crippen molar-refractivity contribution >= 4 is 28.4 Å². The molecule has 104 valence electrons. The molecule has 6 nitrogen and oxygen atoms in total. The first-order valence-electron chi connectivity index (χ1n) is 6.23. The van der Waals surface area contributed by atoms with Gasteiger partial charge in [-0.25, -0.2) is 4.79 Å². The van der Waals surface area contributed by atoms with Crippen molar-refractivity contribution in [1.29, 1.82) is 0 Å². The van der Waals surface area contributed by atoms with Crippen molar-refractivity contribution in [2.24, 2.45) is 5.92 Å². The van der Waals surface area contributed by atoms with Crippen LogP contribution in [0.1, 0.15) is 35.8 Å². The lowest BCUT2D eigenvalue weighted by atomic mass is 9.92. The smallest absolute Gasteiger partial charge is 0.340 e. The van der Waals surface area contributed by atoms with E-state index in [0.29, 0.717) is 16.7 Å². The molecule has 2 unspecified atom stereocenters. The molecule has 2 atom stereocenters. The van der Waals surface area contributed by atoms with E-state index >= 15 is 0 Å². The Balaban J connectivity index is 2.08. The second-order valence-corrected chi connectivity index (χ2v) is 5.62. The average Bonchev–Trinajstić information content (AvgIpc) is 2.70. The quantitative estimate of drug-likeness (QED) is 0.781. The van der Waals surface area contributed by atoms with Crippen LogP contribution in [0.4, 0.5) is 5.00 Å². The Kier molecular flexibility index (Phi) is 4.16. The van der Waals surface area contributed by atoms with Crippen LogP contribution < -0.4 is 10.6 Å². The summed E-state index contributed by atoms with van der Waals surface area (Å²) in [7, 11) is 0. The molecule has 0 saturated carbocycles. The number of carbonyl (C=O) groups is 2. The van der Waals surface area contributed by atoms with Crippen LogP contribution in [0.25, 0.3) is 0 Å². The number of hydrogen-bond acceptors (Lipinski definition) is 5. The van der Waals surface area contributed by atoms with Crippen LogP contribution in [0.2, 0.25) is 0 Å². The Bertz CT molecular complexity index is 500. The van der Waals surface area contributed by atoms with Crippen molar-refractivity contribution in [3.8, 4) is 0 Å². The number of amides is 1. The third-order valence-electron chi connectivity index (χ3n) is 3.31. The summed E-state index contributed by atoms with van der Waals surface area (Å²) in [4.78, 5) is 23.3. The van der Waals surface area contributed by atoms with E-state index < -0.39 is 5.97 Å². The van der Waals surface area contributed by atoms with Crippen molar-refractivity contribution in [2.75, 3.05) is 11.9 Å². The number of piperidine rings is 1. The van der Waals surface area contributed by atoms with Crippen LogP contribution in [0.3, 0.4) is 0 Å². The number of nitrogens with one attached hydrogen (secondary N) is 2. The standard InChI is InChI=1S/C12H17N3O3S/c1-6-5-8(3-4-13-6)10(16)14-11-9(12(17)18)7(2)15-19-11/h6,8,13H,3-5H2,1-2H3,(H,14,16)(H,17,18).